The summed E-state index contributed by atoms with van der Waals surface area (Å²) in [5, 5.41) is 9.06. The standard InChI is InChI=1S/C7H17N3O2S3/c8-1-2-13-7(12)5(10)4-14-15-6(11)3-9/h5-6,11H,1-4,8-10H2. The van der Waals surface area contributed by atoms with Crippen molar-refractivity contribution in [3.8, 4) is 0 Å². The van der Waals surface area contributed by atoms with Crippen LogP contribution in [0.25, 0.3) is 0 Å². The summed E-state index contributed by atoms with van der Waals surface area (Å²) < 4.78 is 0. The number of aliphatic hydroxyl groups excluding tert-OH is 1. The molecule has 8 heteroatoms. The summed E-state index contributed by atoms with van der Waals surface area (Å²) in [6.07, 6.45) is 0. The molecule has 0 saturated carbocycles. The molecule has 0 aromatic rings. The van der Waals surface area contributed by atoms with Crippen molar-refractivity contribution in [3.05, 3.63) is 0 Å². The fourth-order valence-corrected chi connectivity index (χ4v) is 3.28. The maximum atomic E-state index is 11.3. The van der Waals surface area contributed by atoms with Gasteiger partial charge in [-0.2, -0.15) is 0 Å². The molecule has 0 spiro atoms. The zero-order valence-electron chi connectivity index (χ0n) is 8.30. The Kier molecular flexibility index (Phi) is 10.1. The van der Waals surface area contributed by atoms with Gasteiger partial charge in [0.25, 0.3) is 0 Å². The molecule has 15 heavy (non-hydrogen) atoms. The second kappa shape index (κ2) is 9.76. The van der Waals surface area contributed by atoms with Crippen LogP contribution in [0.3, 0.4) is 0 Å². The number of thioether (sulfide) groups is 1. The van der Waals surface area contributed by atoms with Crippen LogP contribution in [0.5, 0.6) is 0 Å². The van der Waals surface area contributed by atoms with Gasteiger partial charge >= 0.3 is 0 Å². The van der Waals surface area contributed by atoms with Crippen LogP contribution < -0.4 is 17.2 Å². The first-order valence-electron chi connectivity index (χ1n) is 4.40. The molecule has 90 valence electrons. The van der Waals surface area contributed by atoms with Crippen molar-refractivity contribution in [1.82, 2.24) is 0 Å². The van der Waals surface area contributed by atoms with Gasteiger partial charge in [-0.25, -0.2) is 0 Å². The molecule has 0 saturated heterocycles. The van der Waals surface area contributed by atoms with Crippen LogP contribution in [0.15, 0.2) is 0 Å². The molecule has 0 aliphatic carbocycles. The first-order chi connectivity index (χ1) is 7.11. The molecule has 0 bridgehead atoms. The van der Waals surface area contributed by atoms with E-state index in [-0.39, 0.29) is 11.7 Å². The molecular weight excluding hydrogens is 254 g/mol. The zero-order chi connectivity index (χ0) is 11.7. The zero-order valence-corrected chi connectivity index (χ0v) is 10.7. The Balaban J connectivity index is 3.55. The molecule has 0 aliphatic heterocycles. The number of aliphatic hydroxyl groups is 1. The van der Waals surface area contributed by atoms with Crippen molar-refractivity contribution < 1.29 is 9.90 Å². The Hall–Kier alpha value is 0.560. The molecule has 0 heterocycles. The number of nitrogens with two attached hydrogens (primary N) is 3. The number of carbonyl (C=O) groups is 1. The third-order valence-electron chi connectivity index (χ3n) is 1.29. The van der Waals surface area contributed by atoms with Gasteiger partial charge in [0.05, 0.1) is 6.04 Å². The van der Waals surface area contributed by atoms with E-state index in [0.29, 0.717) is 18.1 Å². The van der Waals surface area contributed by atoms with Crippen molar-refractivity contribution in [2.75, 3.05) is 24.6 Å². The molecule has 0 amide bonds. The van der Waals surface area contributed by atoms with Crippen LogP contribution in [0.4, 0.5) is 0 Å². The Morgan fingerprint density at radius 3 is 2.60 bits per heavy atom. The molecule has 0 rings (SSSR count). The number of rotatable bonds is 8. The van der Waals surface area contributed by atoms with Gasteiger partial charge in [-0.3, -0.25) is 4.79 Å². The van der Waals surface area contributed by atoms with E-state index in [4.69, 9.17) is 22.3 Å². The molecule has 7 N–H and O–H groups in total. The summed E-state index contributed by atoms with van der Waals surface area (Å²) in [5.41, 5.74) is 15.5. The van der Waals surface area contributed by atoms with Crippen molar-refractivity contribution in [2.45, 2.75) is 11.5 Å². The molecule has 2 atom stereocenters. The largest absolute Gasteiger partial charge is 0.380 e. The van der Waals surface area contributed by atoms with Crippen molar-refractivity contribution in [2.24, 2.45) is 17.2 Å². The summed E-state index contributed by atoms with van der Waals surface area (Å²) >= 11 is 1.15. The smallest absolute Gasteiger partial charge is 0.206 e. The maximum Gasteiger partial charge on any atom is 0.206 e. The molecule has 2 unspecified atom stereocenters. The third-order valence-corrected chi connectivity index (χ3v) is 4.85. The Morgan fingerprint density at radius 2 is 2.07 bits per heavy atom. The molecule has 5 nitrogen and oxygen atoms in total. The lowest BCUT2D eigenvalue weighted by Crippen LogP contribution is -2.31. The fourth-order valence-electron chi connectivity index (χ4n) is 0.565. The molecular formula is C7H17N3O2S3. The summed E-state index contributed by atoms with van der Waals surface area (Å²) in [6, 6.07) is -0.510. The first kappa shape index (κ1) is 15.6. The van der Waals surface area contributed by atoms with E-state index >= 15 is 0 Å². The van der Waals surface area contributed by atoms with Gasteiger partial charge in [-0.05, 0) is 0 Å². The molecule has 0 aliphatic rings. The maximum absolute atomic E-state index is 11.3. The highest BCUT2D eigenvalue weighted by Crippen LogP contribution is 2.25. The van der Waals surface area contributed by atoms with Crippen LogP contribution in [0.2, 0.25) is 0 Å². The van der Waals surface area contributed by atoms with E-state index in [1.165, 1.54) is 21.6 Å². The summed E-state index contributed by atoms with van der Waals surface area (Å²) in [5.74, 6) is 1.06. The number of hydrogen-bond donors (Lipinski definition) is 4. The summed E-state index contributed by atoms with van der Waals surface area (Å²) in [4.78, 5) is 11.3. The third kappa shape index (κ3) is 8.38. The molecule has 0 aromatic heterocycles. The minimum Gasteiger partial charge on any atom is -0.380 e. The highest BCUT2D eigenvalue weighted by atomic mass is 33.1. The minimum atomic E-state index is -0.603. The Labute approximate surface area is 102 Å². The van der Waals surface area contributed by atoms with Gasteiger partial charge in [0.1, 0.15) is 5.44 Å². The normalized spacial score (nSPS) is 14.9. The van der Waals surface area contributed by atoms with Crippen LogP contribution in [0, 0.1) is 0 Å². The Bertz CT molecular complexity index is 185. The predicted octanol–water partition coefficient (Wildman–Crippen LogP) is -0.809. The highest BCUT2D eigenvalue weighted by Gasteiger charge is 2.14. The summed E-state index contributed by atoms with van der Waals surface area (Å²) in [6.45, 7) is 0.666. The highest BCUT2D eigenvalue weighted by molar-refractivity contribution is 8.76. The Morgan fingerprint density at radius 1 is 1.40 bits per heavy atom. The number of carbonyl (C=O) groups excluding carboxylic acids is 1. The lowest BCUT2D eigenvalue weighted by Gasteiger charge is -2.10. The average Bonchev–Trinajstić information content (AvgIpc) is 2.25. The van der Waals surface area contributed by atoms with Crippen molar-refractivity contribution in [1.29, 1.82) is 0 Å². The fraction of sp³-hybridized carbons (Fsp3) is 0.857. The van der Waals surface area contributed by atoms with Gasteiger partial charge in [0.2, 0.25) is 5.12 Å². The molecule has 0 fully saturated rings. The summed E-state index contributed by atoms with van der Waals surface area (Å²) in [7, 11) is 2.58. The lowest BCUT2D eigenvalue weighted by atomic mass is 10.4. The number of hydrogen-bond acceptors (Lipinski definition) is 8. The van der Waals surface area contributed by atoms with Crippen LogP contribution in [-0.2, 0) is 4.79 Å². The van der Waals surface area contributed by atoms with Crippen LogP contribution >= 0.6 is 33.3 Å². The van der Waals surface area contributed by atoms with Crippen LogP contribution in [0.1, 0.15) is 0 Å². The van der Waals surface area contributed by atoms with Crippen molar-refractivity contribution in [3.63, 3.8) is 0 Å². The van der Waals surface area contributed by atoms with Crippen LogP contribution in [-0.4, -0.2) is 46.3 Å². The van der Waals surface area contributed by atoms with Gasteiger partial charge < -0.3 is 22.3 Å². The topological polar surface area (TPSA) is 115 Å². The quantitative estimate of drug-likeness (QED) is 0.335. The second-order valence-electron chi connectivity index (χ2n) is 2.63. The van der Waals surface area contributed by atoms with E-state index in [1.807, 2.05) is 0 Å². The van der Waals surface area contributed by atoms with E-state index in [9.17, 15) is 4.79 Å². The van der Waals surface area contributed by atoms with E-state index in [1.54, 1.807) is 0 Å². The lowest BCUT2D eigenvalue weighted by molar-refractivity contribution is -0.111. The van der Waals surface area contributed by atoms with Crippen molar-refractivity contribution >= 4 is 38.5 Å². The van der Waals surface area contributed by atoms with E-state index in [2.05, 4.69) is 0 Å². The second-order valence-corrected chi connectivity index (χ2v) is 6.32. The van der Waals surface area contributed by atoms with E-state index < -0.39 is 11.5 Å². The molecule has 0 radical (unpaired) electrons. The average molecular weight is 271 g/mol. The SMILES string of the molecule is NCCSC(=O)C(N)CSSC(O)CN. The monoisotopic (exact) mass is 271 g/mol. The first-order valence-corrected chi connectivity index (χ1v) is 7.77. The van der Waals surface area contributed by atoms with E-state index in [0.717, 1.165) is 11.8 Å². The van der Waals surface area contributed by atoms with Gasteiger partial charge in [-0.1, -0.05) is 33.3 Å². The minimum absolute atomic E-state index is 0.0595. The van der Waals surface area contributed by atoms with Gasteiger partial charge in [0.15, 0.2) is 0 Å². The predicted molar refractivity (Wildman–Crippen MR) is 69.6 cm³/mol. The van der Waals surface area contributed by atoms with Gasteiger partial charge in [0, 0.05) is 24.6 Å². The molecule has 0 aromatic carbocycles. The van der Waals surface area contributed by atoms with Gasteiger partial charge in [-0.15, -0.1) is 0 Å².